The fourth-order valence-corrected chi connectivity index (χ4v) is 2.97. The predicted octanol–water partition coefficient (Wildman–Crippen LogP) is 2.77. The maximum atomic E-state index is 12.4. The van der Waals surface area contributed by atoms with E-state index >= 15 is 0 Å². The van der Waals surface area contributed by atoms with Crippen LogP contribution in [0.2, 0.25) is 0 Å². The Hall–Kier alpha value is -1.76. The molecule has 2 aliphatic rings. The molecule has 2 rings (SSSR count). The van der Waals surface area contributed by atoms with Crippen LogP contribution in [0.5, 0.6) is 0 Å². The number of hydrogen-bond donors (Lipinski definition) is 1. The second kappa shape index (κ2) is 4.73. The van der Waals surface area contributed by atoms with Crippen molar-refractivity contribution < 1.29 is 9.53 Å². The van der Waals surface area contributed by atoms with Crippen LogP contribution in [0.3, 0.4) is 0 Å². The molecule has 0 saturated heterocycles. The van der Waals surface area contributed by atoms with E-state index in [0.717, 1.165) is 12.8 Å². The van der Waals surface area contributed by atoms with E-state index < -0.39 is 0 Å². The van der Waals surface area contributed by atoms with Gasteiger partial charge in [-0.2, -0.15) is 5.26 Å². The van der Waals surface area contributed by atoms with Gasteiger partial charge in [0, 0.05) is 24.3 Å². The number of nitrogens with two attached hydrogens (primary N) is 1. The molecular weight excluding hydrogens is 240 g/mol. The van der Waals surface area contributed by atoms with Crippen LogP contribution in [0.15, 0.2) is 22.8 Å². The maximum absolute atomic E-state index is 12.4. The molecule has 0 saturated carbocycles. The molecule has 1 heterocycles. The summed E-state index contributed by atoms with van der Waals surface area (Å²) in [6.45, 7) is 6.14. The van der Waals surface area contributed by atoms with Crippen molar-refractivity contribution in [3.8, 4) is 6.07 Å². The van der Waals surface area contributed by atoms with Gasteiger partial charge in [0.25, 0.3) is 0 Å². The third-order valence-electron chi connectivity index (χ3n) is 3.77. The highest BCUT2D eigenvalue weighted by molar-refractivity contribution is 5.98. The zero-order valence-electron chi connectivity index (χ0n) is 11.7. The van der Waals surface area contributed by atoms with Crippen molar-refractivity contribution in [2.45, 2.75) is 46.5 Å². The highest BCUT2D eigenvalue weighted by atomic mass is 16.5. The summed E-state index contributed by atoms with van der Waals surface area (Å²) in [7, 11) is 0. The van der Waals surface area contributed by atoms with Gasteiger partial charge in [0.1, 0.15) is 11.8 Å². The number of nitrogens with zero attached hydrogens (tertiary/aromatic N) is 1. The van der Waals surface area contributed by atoms with Crippen molar-refractivity contribution in [3.63, 3.8) is 0 Å². The molecule has 4 heteroatoms. The number of ether oxygens (including phenoxy) is 1. The molecule has 1 unspecified atom stereocenters. The van der Waals surface area contributed by atoms with Gasteiger partial charge >= 0.3 is 0 Å². The van der Waals surface area contributed by atoms with E-state index in [0.29, 0.717) is 29.7 Å². The van der Waals surface area contributed by atoms with E-state index in [2.05, 4.69) is 6.07 Å². The van der Waals surface area contributed by atoms with Crippen molar-refractivity contribution in [1.29, 1.82) is 5.26 Å². The second-order valence-electron chi connectivity index (χ2n) is 6.11. The lowest BCUT2D eigenvalue weighted by atomic mass is 9.71. The number of rotatable bonds is 2. The number of carbonyl (C=O) groups is 1. The Labute approximate surface area is 113 Å². The van der Waals surface area contributed by atoms with Crippen LogP contribution < -0.4 is 5.73 Å². The normalized spacial score (nSPS) is 25.8. The fraction of sp³-hybridized carbons (Fsp3) is 0.600. The van der Waals surface area contributed by atoms with Crippen molar-refractivity contribution in [2.75, 3.05) is 0 Å². The number of hydrogen-bond acceptors (Lipinski definition) is 4. The third-order valence-corrected chi connectivity index (χ3v) is 3.77. The molecule has 0 spiro atoms. The van der Waals surface area contributed by atoms with Gasteiger partial charge in [0.05, 0.1) is 5.57 Å². The molecule has 0 aromatic heterocycles. The Balaban J connectivity index is 2.47. The third kappa shape index (κ3) is 2.37. The first kappa shape index (κ1) is 13.7. The molecule has 0 aromatic rings. The lowest BCUT2D eigenvalue weighted by Crippen LogP contribution is -2.34. The average molecular weight is 260 g/mol. The largest absolute Gasteiger partial charge is 0.444 e. The summed E-state index contributed by atoms with van der Waals surface area (Å²) in [5.74, 6) is 0.772. The van der Waals surface area contributed by atoms with Gasteiger partial charge in [-0.3, -0.25) is 4.79 Å². The number of Topliss-reactive ketones (excluding diaryl/α,β-unsaturated/α-hetero) is 1. The van der Waals surface area contributed by atoms with E-state index in [1.54, 1.807) is 0 Å². The van der Waals surface area contributed by atoms with E-state index in [-0.39, 0.29) is 23.0 Å². The minimum absolute atomic E-state index is 0.100. The topological polar surface area (TPSA) is 76.1 Å². The lowest BCUT2D eigenvalue weighted by molar-refractivity contribution is -0.119. The summed E-state index contributed by atoms with van der Waals surface area (Å²) in [6.07, 6.45) is 2.87. The smallest absolute Gasteiger partial charge is 0.204 e. The highest BCUT2D eigenvalue weighted by Gasteiger charge is 2.41. The summed E-state index contributed by atoms with van der Waals surface area (Å²) in [5, 5.41) is 9.24. The molecular formula is C15H20N2O2. The van der Waals surface area contributed by atoms with Gasteiger partial charge in [0.2, 0.25) is 5.88 Å². The first-order valence-corrected chi connectivity index (χ1v) is 6.73. The Kier molecular flexibility index (Phi) is 3.40. The van der Waals surface area contributed by atoms with E-state index in [1.807, 2.05) is 20.8 Å². The monoisotopic (exact) mass is 260 g/mol. The van der Waals surface area contributed by atoms with Crippen LogP contribution in [0.4, 0.5) is 0 Å². The first-order valence-electron chi connectivity index (χ1n) is 6.73. The molecule has 19 heavy (non-hydrogen) atoms. The molecule has 1 aliphatic carbocycles. The first-order chi connectivity index (χ1) is 8.89. The minimum atomic E-state index is -0.178. The van der Waals surface area contributed by atoms with Crippen molar-refractivity contribution in [3.05, 3.63) is 22.8 Å². The summed E-state index contributed by atoms with van der Waals surface area (Å²) in [6, 6.07) is 2.11. The van der Waals surface area contributed by atoms with E-state index in [9.17, 15) is 10.1 Å². The molecule has 4 nitrogen and oxygen atoms in total. The Morgan fingerprint density at radius 1 is 1.47 bits per heavy atom. The van der Waals surface area contributed by atoms with Crippen LogP contribution in [-0.4, -0.2) is 5.78 Å². The van der Waals surface area contributed by atoms with Crippen LogP contribution in [0, 0.1) is 22.7 Å². The van der Waals surface area contributed by atoms with Gasteiger partial charge < -0.3 is 10.5 Å². The SMILES string of the molecule is CCCC1C(C#N)=C(N)OC2=C1C(=O)CC(C)(C)C2. The molecule has 2 N–H and O–H groups in total. The zero-order chi connectivity index (χ0) is 14.2. The average Bonchev–Trinajstić information content (AvgIpc) is 2.26. The predicted molar refractivity (Wildman–Crippen MR) is 71.4 cm³/mol. The maximum Gasteiger partial charge on any atom is 0.204 e. The number of ketones is 1. The summed E-state index contributed by atoms with van der Waals surface area (Å²) in [4.78, 5) is 12.4. The second-order valence-corrected chi connectivity index (χ2v) is 6.11. The molecule has 0 amide bonds. The fourth-order valence-electron chi connectivity index (χ4n) is 2.97. The summed E-state index contributed by atoms with van der Waals surface area (Å²) < 4.78 is 5.57. The molecule has 1 aliphatic heterocycles. The standard InChI is InChI=1S/C15H20N2O2/c1-4-5-9-10(8-16)14(17)19-12-7-15(2,3)6-11(18)13(9)12/h9H,4-7,17H2,1-3H3. The number of carbonyl (C=O) groups excluding carboxylic acids is 1. The van der Waals surface area contributed by atoms with Crippen molar-refractivity contribution >= 4 is 5.78 Å². The Bertz CT molecular complexity index is 521. The van der Waals surface area contributed by atoms with Gasteiger partial charge in [0.15, 0.2) is 5.78 Å². The Morgan fingerprint density at radius 3 is 2.74 bits per heavy atom. The Morgan fingerprint density at radius 2 is 2.16 bits per heavy atom. The van der Waals surface area contributed by atoms with Crippen molar-refractivity contribution in [1.82, 2.24) is 0 Å². The van der Waals surface area contributed by atoms with Crippen molar-refractivity contribution in [2.24, 2.45) is 17.1 Å². The molecule has 0 radical (unpaired) electrons. The highest BCUT2D eigenvalue weighted by Crippen LogP contribution is 2.45. The molecule has 0 fully saturated rings. The summed E-state index contributed by atoms with van der Waals surface area (Å²) >= 11 is 0. The van der Waals surface area contributed by atoms with Gasteiger partial charge in [-0.15, -0.1) is 0 Å². The molecule has 0 bridgehead atoms. The van der Waals surface area contributed by atoms with Crippen LogP contribution in [0.1, 0.15) is 46.5 Å². The lowest BCUT2D eigenvalue weighted by Gasteiger charge is -2.37. The van der Waals surface area contributed by atoms with Crippen LogP contribution >= 0.6 is 0 Å². The number of nitriles is 1. The minimum Gasteiger partial charge on any atom is -0.444 e. The van der Waals surface area contributed by atoms with E-state index in [1.165, 1.54) is 0 Å². The van der Waals surface area contributed by atoms with Gasteiger partial charge in [-0.25, -0.2) is 0 Å². The molecule has 0 aromatic carbocycles. The van der Waals surface area contributed by atoms with Gasteiger partial charge in [-0.05, 0) is 11.8 Å². The quantitative estimate of drug-likeness (QED) is 0.828. The van der Waals surface area contributed by atoms with Crippen LogP contribution in [0.25, 0.3) is 0 Å². The van der Waals surface area contributed by atoms with Crippen LogP contribution in [-0.2, 0) is 9.53 Å². The number of allylic oxidation sites excluding steroid dienone is 3. The molecule has 102 valence electrons. The summed E-state index contributed by atoms with van der Waals surface area (Å²) in [5.41, 5.74) is 6.84. The van der Waals surface area contributed by atoms with E-state index in [4.69, 9.17) is 10.5 Å². The molecule has 1 atom stereocenters. The zero-order valence-corrected chi connectivity index (χ0v) is 11.7. The van der Waals surface area contributed by atoms with Gasteiger partial charge in [-0.1, -0.05) is 27.2 Å².